The van der Waals surface area contributed by atoms with Crippen molar-refractivity contribution in [2.24, 2.45) is 0 Å². The van der Waals surface area contributed by atoms with Crippen LogP contribution in [0, 0.1) is 3.57 Å². The van der Waals surface area contributed by atoms with E-state index < -0.39 is 12.1 Å². The van der Waals surface area contributed by atoms with Gasteiger partial charge in [0.25, 0.3) is 5.91 Å². The summed E-state index contributed by atoms with van der Waals surface area (Å²) in [7, 11) is 2.94. The Kier molecular flexibility index (Phi) is 5.63. The average Bonchev–Trinajstić information content (AvgIpc) is 2.79. The third-order valence-corrected chi connectivity index (χ3v) is 5.63. The summed E-state index contributed by atoms with van der Waals surface area (Å²) in [6, 6.07) is 20.2. The van der Waals surface area contributed by atoms with E-state index in [1.54, 1.807) is 24.1 Å². The number of hydrogen-bond donors (Lipinski definition) is 1. The summed E-state index contributed by atoms with van der Waals surface area (Å²) in [5.41, 5.74) is 3.36. The van der Waals surface area contributed by atoms with Crippen LogP contribution in [-0.4, -0.2) is 26.1 Å². The Hall–Kier alpha value is -3.07. The molecule has 1 aliphatic rings. The summed E-state index contributed by atoms with van der Waals surface area (Å²) in [5, 5.41) is 3.46. The number of esters is 1. The van der Waals surface area contributed by atoms with Crippen LogP contribution in [0.5, 0.6) is 5.75 Å². The van der Waals surface area contributed by atoms with Gasteiger partial charge in [-0.05, 0) is 70.6 Å². The number of nitrogens with zero attached hydrogens (tertiary/aromatic N) is 1. The molecule has 0 aliphatic carbocycles. The van der Waals surface area contributed by atoms with Gasteiger partial charge in [0.2, 0.25) is 0 Å². The first-order valence-electron chi connectivity index (χ1n) is 9.24. The number of anilines is 2. The molecule has 1 amide bonds. The highest BCUT2D eigenvalue weighted by Gasteiger charge is 2.34. The van der Waals surface area contributed by atoms with Gasteiger partial charge in [0.15, 0.2) is 0 Å². The van der Waals surface area contributed by atoms with E-state index in [-0.39, 0.29) is 5.91 Å². The maximum Gasteiger partial charge on any atom is 0.337 e. The molecule has 0 spiro atoms. The number of nitrogens with one attached hydrogen (secondary N) is 1. The third kappa shape index (κ3) is 3.72. The quantitative estimate of drug-likeness (QED) is 0.398. The number of ether oxygens (including phenoxy) is 2. The van der Waals surface area contributed by atoms with Crippen molar-refractivity contribution in [1.29, 1.82) is 0 Å². The molecule has 0 saturated carbocycles. The summed E-state index contributed by atoms with van der Waals surface area (Å²) in [6.07, 6.45) is -0.455. The fraction of sp³-hybridized carbons (Fsp3) is 0.130. The summed E-state index contributed by atoms with van der Waals surface area (Å²) in [6.45, 7) is 0. The first-order chi connectivity index (χ1) is 14.5. The molecule has 30 heavy (non-hydrogen) atoms. The SMILES string of the molecule is COC(=O)c1ccc([C@@H]2Nc3ccc(I)cc3C(=O)N2c2cccc(OC)c2)cc1. The Morgan fingerprint density at radius 2 is 1.80 bits per heavy atom. The van der Waals surface area contributed by atoms with Crippen molar-refractivity contribution in [3.8, 4) is 5.75 Å². The lowest BCUT2D eigenvalue weighted by Crippen LogP contribution is -2.43. The van der Waals surface area contributed by atoms with Crippen molar-refractivity contribution >= 4 is 45.8 Å². The van der Waals surface area contributed by atoms with E-state index in [0.717, 1.165) is 14.8 Å². The Bertz CT molecular complexity index is 1110. The number of carbonyl (C=O) groups excluding carboxylic acids is 2. The zero-order valence-electron chi connectivity index (χ0n) is 16.4. The fourth-order valence-corrected chi connectivity index (χ4v) is 3.95. The van der Waals surface area contributed by atoms with Gasteiger partial charge >= 0.3 is 5.97 Å². The summed E-state index contributed by atoms with van der Waals surface area (Å²) < 4.78 is 11.1. The standard InChI is InChI=1S/C23H19IN2O4/c1-29-18-5-3-4-17(13-18)26-21(14-6-8-15(9-7-14)23(28)30-2)25-20-11-10-16(24)12-19(20)22(26)27/h3-13,21,25H,1-2H3/t21-/m1/s1. The normalized spacial score (nSPS) is 15.2. The minimum Gasteiger partial charge on any atom is -0.497 e. The Morgan fingerprint density at radius 3 is 2.50 bits per heavy atom. The van der Waals surface area contributed by atoms with Crippen molar-refractivity contribution in [2.75, 3.05) is 24.4 Å². The lowest BCUT2D eigenvalue weighted by atomic mass is 10.0. The van der Waals surface area contributed by atoms with Crippen molar-refractivity contribution < 1.29 is 19.1 Å². The smallest absolute Gasteiger partial charge is 0.337 e. The molecule has 0 saturated heterocycles. The number of hydrogen-bond acceptors (Lipinski definition) is 5. The monoisotopic (exact) mass is 514 g/mol. The molecule has 1 atom stereocenters. The van der Waals surface area contributed by atoms with Crippen LogP contribution in [0.15, 0.2) is 66.7 Å². The summed E-state index contributed by atoms with van der Waals surface area (Å²) in [4.78, 5) is 27.0. The topological polar surface area (TPSA) is 67.9 Å². The van der Waals surface area contributed by atoms with Crippen molar-refractivity contribution in [3.05, 3.63) is 87.0 Å². The van der Waals surface area contributed by atoms with E-state index in [1.165, 1.54) is 7.11 Å². The molecular weight excluding hydrogens is 495 g/mol. The molecule has 1 heterocycles. The van der Waals surface area contributed by atoms with E-state index in [2.05, 4.69) is 27.9 Å². The average molecular weight is 514 g/mol. The first-order valence-corrected chi connectivity index (χ1v) is 10.3. The highest BCUT2D eigenvalue weighted by atomic mass is 127. The number of methoxy groups -OCH3 is 2. The molecule has 1 aliphatic heterocycles. The highest BCUT2D eigenvalue weighted by molar-refractivity contribution is 14.1. The van der Waals surface area contributed by atoms with Gasteiger partial charge in [0.05, 0.1) is 31.0 Å². The van der Waals surface area contributed by atoms with Crippen LogP contribution < -0.4 is 15.0 Å². The Labute approximate surface area is 187 Å². The van der Waals surface area contributed by atoms with Crippen molar-refractivity contribution in [1.82, 2.24) is 0 Å². The molecule has 0 aromatic heterocycles. The van der Waals surface area contributed by atoms with Crippen LogP contribution in [0.4, 0.5) is 11.4 Å². The van der Waals surface area contributed by atoms with Gasteiger partial charge in [0.1, 0.15) is 11.9 Å². The van der Waals surface area contributed by atoms with Crippen molar-refractivity contribution in [2.45, 2.75) is 6.17 Å². The molecule has 0 fully saturated rings. The molecule has 3 aromatic rings. The number of carbonyl (C=O) groups is 2. The van der Waals surface area contributed by atoms with Crippen LogP contribution in [0.3, 0.4) is 0 Å². The second-order valence-corrected chi connectivity index (χ2v) is 7.97. The van der Waals surface area contributed by atoms with Gasteiger partial charge in [-0.1, -0.05) is 18.2 Å². The van der Waals surface area contributed by atoms with Crippen LogP contribution in [0.25, 0.3) is 0 Å². The number of halogens is 1. The molecule has 6 nitrogen and oxygen atoms in total. The number of benzene rings is 3. The van der Waals surface area contributed by atoms with Gasteiger partial charge in [0, 0.05) is 15.3 Å². The van der Waals surface area contributed by atoms with Crippen LogP contribution in [0.2, 0.25) is 0 Å². The molecule has 3 aromatic carbocycles. The lowest BCUT2D eigenvalue weighted by Gasteiger charge is -2.38. The van der Waals surface area contributed by atoms with Crippen LogP contribution in [-0.2, 0) is 4.74 Å². The summed E-state index contributed by atoms with van der Waals surface area (Å²) >= 11 is 2.20. The minimum absolute atomic E-state index is 0.113. The molecule has 0 unspecified atom stereocenters. The number of fused-ring (bicyclic) bond motifs is 1. The highest BCUT2D eigenvalue weighted by Crippen LogP contribution is 2.38. The van der Waals surface area contributed by atoms with Crippen molar-refractivity contribution in [3.63, 3.8) is 0 Å². The van der Waals surface area contributed by atoms with Crippen LogP contribution in [0.1, 0.15) is 32.4 Å². The van der Waals surface area contributed by atoms with Gasteiger partial charge in [-0.2, -0.15) is 0 Å². The second kappa shape index (κ2) is 8.35. The lowest BCUT2D eigenvalue weighted by molar-refractivity contribution is 0.0600. The largest absolute Gasteiger partial charge is 0.497 e. The molecule has 0 bridgehead atoms. The summed E-state index contributed by atoms with van der Waals surface area (Å²) in [5.74, 6) is 0.143. The molecule has 152 valence electrons. The van der Waals surface area contributed by atoms with Gasteiger partial charge in [-0.3, -0.25) is 9.69 Å². The third-order valence-electron chi connectivity index (χ3n) is 4.96. The van der Waals surface area contributed by atoms with Gasteiger partial charge in [-0.25, -0.2) is 4.79 Å². The molecule has 0 radical (unpaired) electrons. The van der Waals surface area contributed by atoms with Crippen LogP contribution >= 0.6 is 22.6 Å². The minimum atomic E-state index is -0.455. The fourth-order valence-electron chi connectivity index (χ4n) is 3.46. The zero-order chi connectivity index (χ0) is 21.3. The second-order valence-electron chi connectivity index (χ2n) is 6.73. The van der Waals surface area contributed by atoms with E-state index in [9.17, 15) is 9.59 Å². The molecule has 1 N–H and O–H groups in total. The molecule has 4 rings (SSSR count). The predicted molar refractivity (Wildman–Crippen MR) is 123 cm³/mol. The van der Waals surface area contributed by atoms with E-state index in [1.807, 2.05) is 54.6 Å². The predicted octanol–water partition coefficient (Wildman–Crippen LogP) is 4.86. The van der Waals surface area contributed by atoms with E-state index in [4.69, 9.17) is 9.47 Å². The molecule has 7 heteroatoms. The van der Waals surface area contributed by atoms with Gasteiger partial charge < -0.3 is 14.8 Å². The Balaban J connectivity index is 1.82. The van der Waals surface area contributed by atoms with E-state index >= 15 is 0 Å². The molecular formula is C23H19IN2O4. The maximum atomic E-state index is 13.5. The maximum absolute atomic E-state index is 13.5. The van der Waals surface area contributed by atoms with E-state index in [0.29, 0.717) is 22.6 Å². The number of rotatable bonds is 4. The number of amides is 1. The zero-order valence-corrected chi connectivity index (χ0v) is 18.5. The van der Waals surface area contributed by atoms with Gasteiger partial charge in [-0.15, -0.1) is 0 Å². The first kappa shape index (κ1) is 20.2. The Morgan fingerprint density at radius 1 is 1.03 bits per heavy atom.